The van der Waals surface area contributed by atoms with Crippen molar-refractivity contribution in [3.05, 3.63) is 134 Å². The van der Waals surface area contributed by atoms with Crippen molar-refractivity contribution in [3.8, 4) is 0 Å². The number of carbonyl (C=O) groups excluding carboxylic acids is 3. The van der Waals surface area contributed by atoms with Gasteiger partial charge in [-0.15, -0.1) is 0 Å². The first-order chi connectivity index (χ1) is 31.6. The Morgan fingerprint density at radius 2 is 0.892 bits per heavy atom. The first-order valence-electron chi connectivity index (χ1n) is 24.8. The minimum atomic E-state index is -1.14. The van der Waals surface area contributed by atoms with Gasteiger partial charge >= 0.3 is 11.9 Å². The molecule has 8 heteroatoms. The maximum atomic E-state index is 12.8. The number of ether oxygens (including phenoxy) is 3. The maximum Gasteiger partial charge on any atom is 0.306 e. The molecule has 0 saturated heterocycles. The number of carboxylic acids is 1. The van der Waals surface area contributed by atoms with Crippen LogP contribution in [0.15, 0.2) is 134 Å². The second kappa shape index (κ2) is 46.0. The first-order valence-corrected chi connectivity index (χ1v) is 24.8. The molecule has 2 atom stereocenters. The zero-order chi connectivity index (χ0) is 47.7. The number of esters is 2. The largest absolute Gasteiger partial charge is 0.544 e. The summed E-state index contributed by atoms with van der Waals surface area (Å²) in [4.78, 5) is 37.0. The molecular formula is C57H89NO7. The minimum absolute atomic E-state index is 0.00992. The van der Waals surface area contributed by atoms with Crippen LogP contribution in [0, 0.1) is 0 Å². The van der Waals surface area contributed by atoms with Gasteiger partial charge in [-0.25, -0.2) is 0 Å². The molecule has 0 radical (unpaired) electrons. The third-order valence-electron chi connectivity index (χ3n) is 10.2. The molecule has 0 fully saturated rings. The number of rotatable bonds is 42. The Morgan fingerprint density at radius 3 is 1.40 bits per heavy atom. The van der Waals surface area contributed by atoms with Gasteiger partial charge in [0.15, 0.2) is 6.10 Å². The van der Waals surface area contributed by atoms with E-state index in [0.29, 0.717) is 12.8 Å². The summed E-state index contributed by atoms with van der Waals surface area (Å²) in [7, 11) is 5.38. The van der Waals surface area contributed by atoms with Crippen molar-refractivity contribution >= 4 is 17.9 Å². The normalized spacial score (nSPS) is 14.0. The van der Waals surface area contributed by atoms with E-state index < -0.39 is 18.1 Å². The first kappa shape index (κ1) is 60.5. The molecule has 0 aliphatic heterocycles. The molecule has 0 aromatic rings. The molecule has 0 aromatic heterocycles. The molecule has 0 rings (SSSR count). The van der Waals surface area contributed by atoms with Crippen LogP contribution in [0.3, 0.4) is 0 Å². The number of carboxylic acid groups (broad SMARTS) is 1. The van der Waals surface area contributed by atoms with Gasteiger partial charge in [0, 0.05) is 19.3 Å². The SMILES string of the molecule is CC/C=C/C=C/C=C/C=C/C=C/C=C/C=C/CCCCCC(=O)OC(COCCC(C(=O)[O-])[N+](C)(C)C)COC(=O)CCCCCCCCCCC/C=C/C/C=C/C/C=C/C/C=C/CC. The summed E-state index contributed by atoms with van der Waals surface area (Å²) < 4.78 is 17.2. The molecule has 0 spiro atoms. The van der Waals surface area contributed by atoms with Gasteiger partial charge in [-0.1, -0.05) is 199 Å². The predicted molar refractivity (Wildman–Crippen MR) is 272 cm³/mol. The zero-order valence-electron chi connectivity index (χ0n) is 41.3. The molecule has 0 N–H and O–H groups in total. The Kier molecular flexibility index (Phi) is 42.8. The second-order valence-electron chi connectivity index (χ2n) is 17.1. The van der Waals surface area contributed by atoms with E-state index in [1.165, 1.54) is 38.5 Å². The number of allylic oxidation sites excluding steroid dienone is 22. The van der Waals surface area contributed by atoms with Crippen molar-refractivity contribution in [1.29, 1.82) is 0 Å². The Morgan fingerprint density at radius 1 is 0.477 bits per heavy atom. The monoisotopic (exact) mass is 900 g/mol. The smallest absolute Gasteiger partial charge is 0.306 e. The molecule has 0 aliphatic carbocycles. The summed E-state index contributed by atoms with van der Waals surface area (Å²) in [5.74, 6) is -1.82. The second-order valence-corrected chi connectivity index (χ2v) is 17.1. The molecule has 2 unspecified atom stereocenters. The average Bonchev–Trinajstić information content (AvgIpc) is 3.27. The average molecular weight is 900 g/mol. The molecule has 0 bridgehead atoms. The Bertz CT molecular complexity index is 1520. The predicted octanol–water partition coefficient (Wildman–Crippen LogP) is 13.0. The Hall–Kier alpha value is -4.53. The highest BCUT2D eigenvalue weighted by molar-refractivity contribution is 5.70. The standard InChI is InChI=1S/C57H89NO7/c1-6-8-10-12-14-16-18-20-22-24-26-27-28-30-31-33-35-37-39-41-43-45-47-55(59)64-52-53(51-63-50-49-54(57(61)62)58(3,4)5)65-56(60)48-46-44-42-40-38-36-34-32-29-25-23-21-19-17-15-13-11-9-7-2/h8-11,13-17,19-23,25-27,29,32,34,36,38,53-54H,6-7,12,18,24,28,30-31,33,35,37,39-52H2,1-5H3/b10-8+,11-9+,15-13+,16-14+,19-17+,22-20+,23-21+,27-26+,29-25+,34-32+,38-36+. The fourth-order valence-corrected chi connectivity index (χ4v) is 6.46. The summed E-state index contributed by atoms with van der Waals surface area (Å²) in [5.41, 5.74) is 0. The van der Waals surface area contributed by atoms with E-state index in [0.717, 1.165) is 77.0 Å². The van der Waals surface area contributed by atoms with Crippen LogP contribution in [0.4, 0.5) is 0 Å². The summed E-state index contributed by atoms with van der Waals surface area (Å²) >= 11 is 0. The summed E-state index contributed by atoms with van der Waals surface area (Å²) in [5, 5.41) is 11.7. The number of hydrogen-bond acceptors (Lipinski definition) is 7. The number of quaternary nitrogens is 1. The van der Waals surface area contributed by atoms with Crippen LogP contribution in [0.25, 0.3) is 0 Å². The third-order valence-corrected chi connectivity index (χ3v) is 10.2. The quantitative estimate of drug-likeness (QED) is 0.0198. The van der Waals surface area contributed by atoms with Crippen LogP contribution in [0.5, 0.6) is 0 Å². The summed E-state index contributed by atoms with van der Waals surface area (Å²) in [6, 6.07) is -0.745. The van der Waals surface area contributed by atoms with Gasteiger partial charge in [-0.2, -0.15) is 0 Å². The summed E-state index contributed by atoms with van der Waals surface area (Å²) in [6.07, 6.45) is 66.2. The molecule has 364 valence electrons. The number of unbranched alkanes of at least 4 members (excludes halogenated alkanes) is 12. The maximum absolute atomic E-state index is 12.8. The third kappa shape index (κ3) is 44.5. The Balaban J connectivity index is 4.40. The van der Waals surface area contributed by atoms with Crippen molar-refractivity contribution in [2.45, 2.75) is 167 Å². The number of hydrogen-bond donors (Lipinski definition) is 0. The highest BCUT2D eigenvalue weighted by Gasteiger charge is 2.25. The van der Waals surface area contributed by atoms with Crippen LogP contribution in [-0.2, 0) is 28.6 Å². The van der Waals surface area contributed by atoms with Crippen molar-refractivity contribution in [3.63, 3.8) is 0 Å². The lowest BCUT2D eigenvalue weighted by atomic mass is 10.1. The van der Waals surface area contributed by atoms with E-state index in [-0.39, 0.29) is 49.1 Å². The van der Waals surface area contributed by atoms with Gasteiger partial charge in [-0.05, 0) is 70.6 Å². The molecule has 0 amide bonds. The van der Waals surface area contributed by atoms with Gasteiger partial charge in [0.2, 0.25) is 0 Å². The molecule has 0 saturated carbocycles. The van der Waals surface area contributed by atoms with E-state index in [4.69, 9.17) is 14.2 Å². The van der Waals surface area contributed by atoms with Crippen LogP contribution in [0.2, 0.25) is 0 Å². The van der Waals surface area contributed by atoms with Gasteiger partial charge < -0.3 is 28.6 Å². The van der Waals surface area contributed by atoms with E-state index in [9.17, 15) is 19.5 Å². The van der Waals surface area contributed by atoms with Crippen LogP contribution < -0.4 is 5.11 Å². The van der Waals surface area contributed by atoms with Gasteiger partial charge in [0.25, 0.3) is 0 Å². The summed E-state index contributed by atoms with van der Waals surface area (Å²) in [6.45, 7) is 4.33. The molecule has 0 aliphatic rings. The van der Waals surface area contributed by atoms with E-state index in [1.807, 2.05) is 72.9 Å². The highest BCUT2D eigenvalue weighted by Crippen LogP contribution is 2.13. The van der Waals surface area contributed by atoms with Crippen molar-refractivity contribution in [1.82, 2.24) is 0 Å². The minimum Gasteiger partial charge on any atom is -0.544 e. The highest BCUT2D eigenvalue weighted by atomic mass is 16.6. The lowest BCUT2D eigenvalue weighted by molar-refractivity contribution is -0.889. The molecule has 8 nitrogen and oxygen atoms in total. The lowest BCUT2D eigenvalue weighted by Crippen LogP contribution is -2.55. The van der Waals surface area contributed by atoms with Crippen LogP contribution in [0.1, 0.15) is 155 Å². The Labute approximate surface area is 396 Å². The van der Waals surface area contributed by atoms with E-state index in [1.54, 1.807) is 21.1 Å². The number of aliphatic carboxylic acids is 1. The number of likely N-dealkylation sites (N-methyl/N-ethyl adjacent to an activating group) is 1. The van der Waals surface area contributed by atoms with Gasteiger partial charge in [-0.3, -0.25) is 9.59 Å². The zero-order valence-corrected chi connectivity index (χ0v) is 41.3. The topological polar surface area (TPSA) is 102 Å². The van der Waals surface area contributed by atoms with E-state index in [2.05, 4.69) is 74.6 Å². The lowest BCUT2D eigenvalue weighted by Gasteiger charge is -2.34. The molecular weight excluding hydrogens is 811 g/mol. The van der Waals surface area contributed by atoms with Gasteiger partial charge in [0.05, 0.1) is 40.3 Å². The van der Waals surface area contributed by atoms with Crippen molar-refractivity contribution in [2.24, 2.45) is 0 Å². The van der Waals surface area contributed by atoms with Crippen molar-refractivity contribution < 1.29 is 38.2 Å². The fraction of sp³-hybridized carbons (Fsp3) is 0.561. The molecule has 65 heavy (non-hydrogen) atoms. The van der Waals surface area contributed by atoms with Gasteiger partial charge in [0.1, 0.15) is 12.6 Å². The van der Waals surface area contributed by atoms with Crippen LogP contribution in [-0.4, -0.2) is 75.5 Å². The number of carbonyl (C=O) groups is 3. The fourth-order valence-electron chi connectivity index (χ4n) is 6.46. The number of nitrogens with zero attached hydrogens (tertiary/aromatic N) is 1. The van der Waals surface area contributed by atoms with Crippen LogP contribution >= 0.6 is 0 Å². The molecule has 0 aromatic carbocycles. The van der Waals surface area contributed by atoms with E-state index >= 15 is 0 Å². The molecule has 0 heterocycles. The van der Waals surface area contributed by atoms with Crippen molar-refractivity contribution in [2.75, 3.05) is 41.0 Å².